The van der Waals surface area contributed by atoms with E-state index in [1.54, 1.807) is 6.07 Å². The van der Waals surface area contributed by atoms with Crippen molar-refractivity contribution in [3.8, 4) is 11.5 Å². The smallest absolute Gasteiger partial charge is 0.177 e. The zero-order valence-corrected chi connectivity index (χ0v) is 20.9. The molecule has 4 aliphatic rings. The second-order valence-electron chi connectivity index (χ2n) is 10.3. The van der Waals surface area contributed by atoms with Crippen LogP contribution in [-0.2, 0) is 27.8 Å². The van der Waals surface area contributed by atoms with Gasteiger partial charge in [0.15, 0.2) is 22.9 Å². The topological polar surface area (TPSA) is 60.2 Å². The molecule has 2 N–H and O–H groups in total. The second kappa shape index (κ2) is 7.82. The van der Waals surface area contributed by atoms with Crippen molar-refractivity contribution in [1.29, 1.82) is 0 Å². The molecule has 5 atom stereocenters. The molecule has 1 saturated carbocycles. The number of piperidine rings is 1. The van der Waals surface area contributed by atoms with Crippen LogP contribution >= 0.6 is 0 Å². The van der Waals surface area contributed by atoms with Crippen molar-refractivity contribution >= 4 is 5.78 Å². The lowest BCUT2D eigenvalue weighted by atomic mass is 9.45. The van der Waals surface area contributed by atoms with Crippen molar-refractivity contribution in [2.75, 3.05) is 20.2 Å². The Labute approximate surface area is 205 Å². The van der Waals surface area contributed by atoms with Gasteiger partial charge < -0.3 is 36.5 Å². The van der Waals surface area contributed by atoms with Gasteiger partial charge in [0.25, 0.3) is 0 Å². The molecule has 33 heavy (non-hydrogen) atoms. The number of hydrogen-bond donors (Lipinski definition) is 2. The third-order valence-corrected chi connectivity index (χ3v) is 9.04. The summed E-state index contributed by atoms with van der Waals surface area (Å²) in [6.45, 7) is 3.59. The summed E-state index contributed by atoms with van der Waals surface area (Å²) in [7, 11) is 2.27. The van der Waals surface area contributed by atoms with Crippen LogP contribution in [0.25, 0.3) is 0 Å². The van der Waals surface area contributed by atoms with E-state index in [0.717, 1.165) is 44.2 Å². The van der Waals surface area contributed by atoms with Gasteiger partial charge >= 0.3 is 0 Å². The molecule has 6 rings (SSSR count). The molecule has 6 heteroatoms. The predicted molar refractivity (Wildman–Crippen MR) is 120 cm³/mol. The summed E-state index contributed by atoms with van der Waals surface area (Å²) >= 11 is 0. The molecule has 0 amide bonds. The average Bonchev–Trinajstić information content (AvgIpc) is 3.08. The van der Waals surface area contributed by atoms with E-state index in [-0.39, 0.29) is 34.6 Å². The van der Waals surface area contributed by atoms with Crippen molar-refractivity contribution in [2.45, 2.75) is 68.1 Å². The number of quaternary nitrogens is 1. The van der Waals surface area contributed by atoms with Crippen molar-refractivity contribution < 1.29 is 41.3 Å². The maximum absolute atomic E-state index is 13.4. The molecule has 5 nitrogen and oxygen atoms in total. The summed E-state index contributed by atoms with van der Waals surface area (Å²) < 4.78 is 13.5. The number of phenols is 1. The minimum atomic E-state index is -0.986. The molecule has 2 aromatic carbocycles. The van der Waals surface area contributed by atoms with Crippen molar-refractivity contribution in [3.05, 3.63) is 59.2 Å². The molecule has 2 fully saturated rings. The normalized spacial score (nSPS) is 35.4. The Morgan fingerprint density at radius 2 is 1.97 bits per heavy atom. The fourth-order valence-electron chi connectivity index (χ4n) is 7.58. The van der Waals surface area contributed by atoms with Gasteiger partial charge in [-0.15, -0.1) is 0 Å². The number of ketones is 1. The highest BCUT2D eigenvalue weighted by atomic mass is 79.9. The number of halogens is 1. The van der Waals surface area contributed by atoms with Gasteiger partial charge in [0.05, 0.1) is 19.0 Å². The number of benzene rings is 2. The first-order valence-electron chi connectivity index (χ1n) is 12.0. The molecule has 1 saturated heterocycles. The Kier molecular flexibility index (Phi) is 5.42. The number of ether oxygens (including phenoxy) is 2. The lowest BCUT2D eigenvalue weighted by Gasteiger charge is -2.64. The van der Waals surface area contributed by atoms with Crippen LogP contribution in [0.4, 0.5) is 0 Å². The van der Waals surface area contributed by atoms with Crippen molar-refractivity contribution in [1.82, 2.24) is 0 Å². The quantitative estimate of drug-likeness (QED) is 0.523. The molecule has 2 aliphatic carbocycles. The third kappa shape index (κ3) is 2.80. The van der Waals surface area contributed by atoms with Crippen LogP contribution in [0.2, 0.25) is 0 Å². The number of phenolic OH excluding ortho intramolecular Hbond substituents is 1. The Bertz CT molecular complexity index is 1090. The lowest BCUT2D eigenvalue weighted by molar-refractivity contribution is -0.924. The van der Waals surface area contributed by atoms with Gasteiger partial charge in [0, 0.05) is 31.4 Å². The van der Waals surface area contributed by atoms with E-state index in [4.69, 9.17) is 9.47 Å². The van der Waals surface area contributed by atoms with Crippen LogP contribution in [-0.4, -0.2) is 48.3 Å². The van der Waals surface area contributed by atoms with Crippen LogP contribution in [0.1, 0.15) is 49.3 Å². The summed E-state index contributed by atoms with van der Waals surface area (Å²) in [6, 6.07) is 14.6. The van der Waals surface area contributed by atoms with E-state index in [9.17, 15) is 9.90 Å². The fraction of sp³-hybridized carbons (Fsp3) is 0.519. The number of carbonyl (C=O) groups excluding carboxylic acids is 1. The van der Waals surface area contributed by atoms with Crippen LogP contribution < -0.4 is 26.6 Å². The Morgan fingerprint density at radius 1 is 1.18 bits per heavy atom. The molecule has 2 bridgehead atoms. The molecule has 2 aromatic rings. The Balaban J connectivity index is 0.00000228. The van der Waals surface area contributed by atoms with E-state index >= 15 is 0 Å². The zero-order valence-electron chi connectivity index (χ0n) is 19.3. The minimum Gasteiger partial charge on any atom is -1.00 e. The summed E-state index contributed by atoms with van der Waals surface area (Å²) in [5, 5.41) is 10.7. The van der Waals surface area contributed by atoms with E-state index in [2.05, 4.69) is 31.3 Å². The highest BCUT2D eigenvalue weighted by Gasteiger charge is 2.80. The van der Waals surface area contributed by atoms with Crippen LogP contribution in [0.3, 0.4) is 0 Å². The van der Waals surface area contributed by atoms with Gasteiger partial charge in [0.1, 0.15) is 11.6 Å². The van der Waals surface area contributed by atoms with E-state index in [1.165, 1.54) is 16.0 Å². The number of carbonyl (C=O) groups is 1. The number of nitrogens with one attached hydrogen (secondary N) is 1. The lowest BCUT2D eigenvalue weighted by Crippen LogP contribution is -3.19. The van der Waals surface area contributed by atoms with Crippen molar-refractivity contribution in [2.24, 2.45) is 0 Å². The Morgan fingerprint density at radius 3 is 2.76 bits per heavy atom. The summed E-state index contributed by atoms with van der Waals surface area (Å²) in [5.74, 6) is 0.808. The first-order chi connectivity index (χ1) is 15.4. The number of rotatable bonds is 5. The molecule has 2 heterocycles. The number of aryl methyl sites for hydroxylation is 1. The fourth-order valence-corrected chi connectivity index (χ4v) is 7.58. The standard InChI is InChI=1S/C27H31NO4.BrH/c1-25-22(30)12-13-27(31-16-6-9-18-7-4-3-5-8-18)21-17-19-10-11-20(29)24(32-25)23(19)26(25,27)14-15-28(21)2;/h3-5,7-8,10-11,21,29H,6,9,12-17H2,1-2H3;1H/t21-,25+,26+,27-;/m1./s1. The minimum absolute atomic E-state index is 0. The highest BCUT2D eigenvalue weighted by molar-refractivity contribution is 5.94. The number of likely N-dealkylation sites (tertiary alicyclic amines) is 1. The predicted octanol–water partition coefficient (Wildman–Crippen LogP) is -0.621. The molecule has 1 unspecified atom stereocenters. The van der Waals surface area contributed by atoms with Gasteiger partial charge in [-0.2, -0.15) is 0 Å². The number of hydrogen-bond acceptors (Lipinski definition) is 4. The maximum Gasteiger partial charge on any atom is 0.177 e. The van der Waals surface area contributed by atoms with E-state index in [0.29, 0.717) is 18.8 Å². The maximum atomic E-state index is 13.4. The van der Waals surface area contributed by atoms with Crippen LogP contribution in [0.15, 0.2) is 42.5 Å². The molecule has 1 spiro atoms. The summed E-state index contributed by atoms with van der Waals surface area (Å²) in [5.41, 5.74) is 1.61. The van der Waals surface area contributed by atoms with Crippen LogP contribution in [0.5, 0.6) is 11.5 Å². The molecule has 176 valence electrons. The number of aromatic hydroxyl groups is 1. The van der Waals surface area contributed by atoms with Crippen LogP contribution in [0, 0.1) is 0 Å². The third-order valence-electron chi connectivity index (χ3n) is 9.04. The number of likely N-dealkylation sites (N-methyl/N-ethyl adjacent to an activating group) is 1. The Hall–Kier alpha value is -1.89. The first-order valence-corrected chi connectivity index (χ1v) is 12.0. The van der Waals surface area contributed by atoms with E-state index < -0.39 is 16.6 Å². The highest BCUT2D eigenvalue weighted by Crippen LogP contribution is 2.67. The average molecular weight is 514 g/mol. The summed E-state index contributed by atoms with van der Waals surface area (Å²) in [4.78, 5) is 14.9. The largest absolute Gasteiger partial charge is 1.00 e. The van der Waals surface area contributed by atoms with Crippen molar-refractivity contribution in [3.63, 3.8) is 0 Å². The SMILES string of the molecule is C[NH+]1CC[C@]23c4c5ccc(O)c4O[C@@]2(C)C(=O)CC[C@@]3(OCCCc2ccccc2)[C@H]1C5.[Br-]. The first kappa shape index (κ1) is 22.9. The van der Waals surface area contributed by atoms with Gasteiger partial charge in [-0.3, -0.25) is 4.79 Å². The van der Waals surface area contributed by atoms with E-state index in [1.807, 2.05) is 19.1 Å². The van der Waals surface area contributed by atoms with Gasteiger partial charge in [-0.1, -0.05) is 36.4 Å². The molecular formula is C27H32BrNO4. The molecular weight excluding hydrogens is 482 g/mol. The number of Topliss-reactive ketones (excluding diaryl/α,β-unsaturated/α-hetero) is 1. The van der Waals surface area contributed by atoms with Gasteiger partial charge in [0.2, 0.25) is 0 Å². The van der Waals surface area contributed by atoms with Gasteiger partial charge in [-0.05, 0) is 43.4 Å². The molecule has 2 aliphatic heterocycles. The monoisotopic (exact) mass is 513 g/mol. The molecule has 0 radical (unpaired) electrons. The summed E-state index contributed by atoms with van der Waals surface area (Å²) in [6.07, 6.45) is 4.84. The molecule has 0 aromatic heterocycles. The van der Waals surface area contributed by atoms with Gasteiger partial charge in [-0.25, -0.2) is 0 Å². The second-order valence-corrected chi connectivity index (χ2v) is 10.3. The zero-order chi connectivity index (χ0) is 22.1.